The summed E-state index contributed by atoms with van der Waals surface area (Å²) in [5, 5.41) is 48.0. The maximum atomic E-state index is 9.32. The lowest BCUT2D eigenvalue weighted by Crippen LogP contribution is -2.25. The van der Waals surface area contributed by atoms with Crippen molar-refractivity contribution in [2.75, 3.05) is 20.2 Å². The van der Waals surface area contributed by atoms with Crippen molar-refractivity contribution in [3.05, 3.63) is 11.8 Å². The van der Waals surface area contributed by atoms with E-state index in [9.17, 15) is 15.3 Å². The molecule has 0 aromatic carbocycles. The first-order valence-electron chi connectivity index (χ1n) is 4.71. The molecule has 0 rings (SSSR count). The minimum Gasteiger partial charge on any atom is -0.510 e. The second kappa shape index (κ2) is 7.61. The third kappa shape index (κ3) is 6.43. The number of aliphatic hydroxyl groups is 5. The van der Waals surface area contributed by atoms with Crippen LogP contribution in [0.3, 0.4) is 0 Å². The van der Waals surface area contributed by atoms with Gasteiger partial charge in [-0.2, -0.15) is 0 Å². The molecule has 0 heterocycles. The Kier molecular flexibility index (Phi) is 7.27. The Morgan fingerprint density at radius 3 is 2.40 bits per heavy atom. The molecule has 0 spiro atoms. The first-order chi connectivity index (χ1) is 7.01. The molecule has 0 saturated carbocycles. The molecule has 15 heavy (non-hydrogen) atoms. The van der Waals surface area contributed by atoms with Crippen LogP contribution in [0.15, 0.2) is 11.8 Å². The van der Waals surface area contributed by atoms with E-state index in [4.69, 9.17) is 10.2 Å². The second-order valence-electron chi connectivity index (χ2n) is 3.30. The Hall–Kier alpha value is -0.660. The highest BCUT2D eigenvalue weighted by Gasteiger charge is 2.15. The lowest BCUT2D eigenvalue weighted by molar-refractivity contribution is 0.0389. The van der Waals surface area contributed by atoms with Crippen LogP contribution in [0.25, 0.3) is 0 Å². The number of rotatable bonds is 7. The van der Waals surface area contributed by atoms with Crippen LogP contribution >= 0.6 is 0 Å². The van der Waals surface area contributed by atoms with Crippen molar-refractivity contribution < 1.29 is 25.5 Å². The molecular formula is C9H19NO5. The molecule has 6 heteroatoms. The van der Waals surface area contributed by atoms with Crippen molar-refractivity contribution in [3.8, 4) is 0 Å². The Morgan fingerprint density at radius 1 is 1.33 bits per heavy atom. The average Bonchev–Trinajstić information content (AvgIpc) is 2.17. The molecular weight excluding hydrogens is 202 g/mol. The predicted molar refractivity (Wildman–Crippen MR) is 54.4 cm³/mol. The zero-order valence-corrected chi connectivity index (χ0v) is 8.67. The van der Waals surface area contributed by atoms with E-state index in [0.717, 1.165) is 6.08 Å². The molecule has 0 aliphatic carbocycles. The first kappa shape index (κ1) is 14.3. The third-order valence-electron chi connectivity index (χ3n) is 1.82. The van der Waals surface area contributed by atoms with E-state index < -0.39 is 30.7 Å². The van der Waals surface area contributed by atoms with Gasteiger partial charge in [-0.15, -0.1) is 0 Å². The normalized spacial score (nSPS) is 18.6. The summed E-state index contributed by atoms with van der Waals surface area (Å²) >= 11 is 0. The van der Waals surface area contributed by atoms with E-state index in [1.54, 1.807) is 7.05 Å². The van der Waals surface area contributed by atoms with Gasteiger partial charge in [0.25, 0.3) is 0 Å². The van der Waals surface area contributed by atoms with Gasteiger partial charge in [0, 0.05) is 13.0 Å². The Labute approximate surface area is 88.5 Å². The van der Waals surface area contributed by atoms with Crippen molar-refractivity contribution in [1.29, 1.82) is 0 Å². The first-order valence-corrected chi connectivity index (χ1v) is 4.71. The third-order valence-corrected chi connectivity index (χ3v) is 1.82. The topological polar surface area (TPSA) is 113 Å². The fourth-order valence-electron chi connectivity index (χ4n) is 1.03. The molecule has 6 N–H and O–H groups in total. The Bertz CT molecular complexity index is 197. The Morgan fingerprint density at radius 2 is 1.93 bits per heavy atom. The minimum atomic E-state index is -1.28. The molecule has 0 aromatic heterocycles. The summed E-state index contributed by atoms with van der Waals surface area (Å²) < 4.78 is 0. The highest BCUT2D eigenvalue weighted by Crippen LogP contribution is 2.07. The second-order valence-corrected chi connectivity index (χ2v) is 3.30. The summed E-state index contributed by atoms with van der Waals surface area (Å²) in [5.41, 5.74) is 0. The number of hydrogen-bond donors (Lipinski definition) is 6. The van der Waals surface area contributed by atoms with E-state index in [1.807, 2.05) is 0 Å². The molecule has 0 saturated heterocycles. The van der Waals surface area contributed by atoms with E-state index in [1.165, 1.54) is 0 Å². The molecule has 0 fully saturated rings. The fraction of sp³-hybridized carbons (Fsp3) is 0.778. The van der Waals surface area contributed by atoms with Crippen LogP contribution in [-0.2, 0) is 0 Å². The molecule has 0 aromatic rings. The summed E-state index contributed by atoms with van der Waals surface area (Å²) in [5.74, 6) is -0.412. The highest BCUT2D eigenvalue weighted by atomic mass is 16.3. The largest absolute Gasteiger partial charge is 0.510 e. The van der Waals surface area contributed by atoms with Crippen LogP contribution in [-0.4, -0.2) is 64.0 Å². The molecule has 1 unspecified atom stereocenters. The number of hydrogen-bond acceptors (Lipinski definition) is 6. The number of aliphatic hydroxyl groups excluding tert-OH is 5. The number of likely N-dealkylation sites (N-methyl/N-ethyl adjacent to an activating group) is 1. The van der Waals surface area contributed by atoms with E-state index in [2.05, 4.69) is 5.32 Å². The number of nitrogens with one attached hydrogen (secondary N) is 1. The molecule has 0 aliphatic heterocycles. The highest BCUT2D eigenvalue weighted by molar-refractivity contribution is 5.02. The van der Waals surface area contributed by atoms with Crippen LogP contribution in [0.5, 0.6) is 0 Å². The molecule has 90 valence electrons. The predicted octanol–water partition coefficient (Wildman–Crippen LogP) is -1.89. The fourth-order valence-corrected chi connectivity index (χ4v) is 1.03. The van der Waals surface area contributed by atoms with Crippen LogP contribution < -0.4 is 5.32 Å². The zero-order chi connectivity index (χ0) is 11.8. The van der Waals surface area contributed by atoms with Gasteiger partial charge in [0.15, 0.2) is 0 Å². The van der Waals surface area contributed by atoms with Crippen LogP contribution in [0, 0.1) is 0 Å². The molecule has 0 amide bonds. The van der Waals surface area contributed by atoms with Crippen LogP contribution in [0.2, 0.25) is 0 Å². The van der Waals surface area contributed by atoms with E-state index >= 15 is 0 Å². The van der Waals surface area contributed by atoms with E-state index in [-0.39, 0.29) is 13.0 Å². The van der Waals surface area contributed by atoms with Crippen molar-refractivity contribution in [2.24, 2.45) is 0 Å². The van der Waals surface area contributed by atoms with Crippen LogP contribution in [0.1, 0.15) is 6.42 Å². The zero-order valence-electron chi connectivity index (χ0n) is 8.67. The van der Waals surface area contributed by atoms with E-state index in [0.29, 0.717) is 0 Å². The lowest BCUT2D eigenvalue weighted by Gasteiger charge is -2.14. The van der Waals surface area contributed by atoms with Gasteiger partial charge in [0.1, 0.15) is 11.9 Å². The van der Waals surface area contributed by atoms with Gasteiger partial charge in [-0.3, -0.25) is 0 Å². The Balaban J connectivity index is 4.11. The molecule has 0 aliphatic rings. The van der Waals surface area contributed by atoms with Gasteiger partial charge in [-0.25, -0.2) is 0 Å². The molecule has 0 bridgehead atoms. The molecule has 0 radical (unpaired) electrons. The monoisotopic (exact) mass is 221 g/mol. The van der Waals surface area contributed by atoms with Crippen molar-refractivity contribution in [2.45, 2.75) is 24.7 Å². The van der Waals surface area contributed by atoms with Gasteiger partial charge in [0.05, 0.1) is 18.8 Å². The van der Waals surface area contributed by atoms with Crippen molar-refractivity contribution in [3.63, 3.8) is 0 Å². The SMILES string of the molecule is CNC[C@H](O)C=C(O)[C@H](O)CC(O)CO. The molecule has 6 nitrogen and oxygen atoms in total. The van der Waals surface area contributed by atoms with Gasteiger partial charge in [-0.05, 0) is 13.1 Å². The lowest BCUT2D eigenvalue weighted by atomic mass is 10.1. The van der Waals surface area contributed by atoms with Gasteiger partial charge < -0.3 is 30.8 Å². The summed E-state index contributed by atoms with van der Waals surface area (Å²) in [6, 6.07) is 0. The quantitative estimate of drug-likeness (QED) is 0.280. The summed E-state index contributed by atoms with van der Waals surface area (Å²) in [6.45, 7) is -0.233. The molecule has 3 atom stereocenters. The van der Waals surface area contributed by atoms with Gasteiger partial charge >= 0.3 is 0 Å². The summed E-state index contributed by atoms with van der Waals surface area (Å²) in [7, 11) is 1.64. The summed E-state index contributed by atoms with van der Waals surface area (Å²) in [4.78, 5) is 0. The maximum Gasteiger partial charge on any atom is 0.119 e. The smallest absolute Gasteiger partial charge is 0.119 e. The standard InChI is InChI=1S/C9H19NO5/c1-10-4-6(12)2-8(14)9(15)3-7(13)5-11/h2,6-7,9-15H,3-5H2,1H3/t6-,7?,9-/m1/s1. The minimum absolute atomic E-state index is 0.175. The average molecular weight is 221 g/mol. The maximum absolute atomic E-state index is 9.32. The van der Waals surface area contributed by atoms with Crippen molar-refractivity contribution >= 4 is 0 Å². The summed E-state index contributed by atoms with van der Waals surface area (Å²) in [6.07, 6.45) is -2.36. The van der Waals surface area contributed by atoms with Crippen LogP contribution in [0.4, 0.5) is 0 Å². The van der Waals surface area contributed by atoms with Gasteiger partial charge in [-0.1, -0.05) is 0 Å². The van der Waals surface area contributed by atoms with Crippen molar-refractivity contribution in [1.82, 2.24) is 5.32 Å². The van der Waals surface area contributed by atoms with Gasteiger partial charge in [0.2, 0.25) is 0 Å².